The van der Waals surface area contributed by atoms with Crippen LogP contribution in [0, 0.1) is 39.9 Å². The van der Waals surface area contributed by atoms with Crippen molar-refractivity contribution in [3.05, 3.63) is 144 Å². The summed E-state index contributed by atoms with van der Waals surface area (Å²) in [7, 11) is 0. The third-order valence-corrected chi connectivity index (χ3v) is 8.40. The Kier molecular flexibility index (Phi) is 9.29. The van der Waals surface area contributed by atoms with Gasteiger partial charge in [-0.05, 0) is 41.0 Å². The van der Waals surface area contributed by atoms with Crippen molar-refractivity contribution in [2.45, 2.75) is 37.9 Å². The van der Waals surface area contributed by atoms with Crippen LogP contribution in [0.3, 0.4) is 0 Å². The predicted molar refractivity (Wildman–Crippen MR) is 161 cm³/mol. The van der Waals surface area contributed by atoms with Crippen molar-refractivity contribution < 1.29 is 19.1 Å². The molecule has 5 rings (SSSR count). The van der Waals surface area contributed by atoms with Crippen LogP contribution in [0.5, 0.6) is 0 Å². The number of benzene rings is 4. The van der Waals surface area contributed by atoms with Crippen molar-refractivity contribution in [3.8, 4) is 12.1 Å². The number of esters is 2. The lowest BCUT2D eigenvalue weighted by Gasteiger charge is -2.47. The van der Waals surface area contributed by atoms with E-state index in [9.17, 15) is 20.1 Å². The summed E-state index contributed by atoms with van der Waals surface area (Å²) in [6, 6.07) is 42.1. The first-order valence-electron chi connectivity index (χ1n) is 14.4. The molecule has 0 radical (unpaired) electrons. The summed E-state index contributed by atoms with van der Waals surface area (Å²) in [5.74, 6) is -4.02. The number of hydrogen-bond donors (Lipinski definition) is 0. The summed E-state index contributed by atoms with van der Waals surface area (Å²) in [6.45, 7) is 0.0882. The lowest BCUT2D eigenvalue weighted by molar-refractivity contribution is -0.159. The summed E-state index contributed by atoms with van der Waals surface area (Å²) in [5, 5.41) is 21.2. The molecule has 5 atom stereocenters. The van der Waals surface area contributed by atoms with Gasteiger partial charge in [0, 0.05) is 11.8 Å². The van der Waals surface area contributed by atoms with E-state index in [0.717, 1.165) is 22.3 Å². The third-order valence-electron chi connectivity index (χ3n) is 8.40. The average molecular weight is 569 g/mol. The molecular formula is C37H32N2O4. The summed E-state index contributed by atoms with van der Waals surface area (Å²) in [4.78, 5) is 27.6. The molecule has 1 aliphatic carbocycles. The fourth-order valence-corrected chi connectivity index (χ4v) is 6.25. The van der Waals surface area contributed by atoms with Gasteiger partial charge < -0.3 is 9.47 Å². The molecule has 3 unspecified atom stereocenters. The minimum absolute atomic E-state index is 0.0299. The van der Waals surface area contributed by atoms with Gasteiger partial charge in [0.2, 0.25) is 0 Å². The van der Waals surface area contributed by atoms with Crippen LogP contribution >= 0.6 is 0 Å². The molecule has 4 aromatic carbocycles. The number of hydrogen-bond acceptors (Lipinski definition) is 6. The van der Waals surface area contributed by atoms with Crippen LogP contribution in [0.1, 0.15) is 46.9 Å². The monoisotopic (exact) mass is 568 g/mol. The number of rotatable bonds is 9. The molecule has 0 spiro atoms. The Balaban J connectivity index is 1.53. The van der Waals surface area contributed by atoms with Crippen molar-refractivity contribution in [1.29, 1.82) is 10.5 Å². The van der Waals surface area contributed by atoms with Gasteiger partial charge in [0.1, 0.15) is 19.1 Å². The number of carbonyl (C=O) groups excluding carboxylic acids is 2. The summed E-state index contributed by atoms with van der Waals surface area (Å²) >= 11 is 0. The van der Waals surface area contributed by atoms with E-state index >= 15 is 0 Å². The minimum atomic E-state index is -1.60. The normalized spacial score (nSPS) is 21.9. The van der Waals surface area contributed by atoms with Crippen molar-refractivity contribution in [2.24, 2.45) is 17.3 Å². The predicted octanol–water partition coefficient (Wildman–Crippen LogP) is 7.10. The lowest BCUT2D eigenvalue weighted by Crippen LogP contribution is -2.48. The second-order valence-corrected chi connectivity index (χ2v) is 10.9. The summed E-state index contributed by atoms with van der Waals surface area (Å²) in [5.41, 5.74) is 1.60. The van der Waals surface area contributed by atoms with E-state index in [-0.39, 0.29) is 26.1 Å². The number of ether oxygens (including phenoxy) is 2. The Morgan fingerprint density at radius 1 is 0.674 bits per heavy atom. The molecule has 0 heterocycles. The first kappa shape index (κ1) is 29.3. The van der Waals surface area contributed by atoms with Crippen LogP contribution in [0.2, 0.25) is 0 Å². The Morgan fingerprint density at radius 3 is 1.51 bits per heavy atom. The van der Waals surface area contributed by atoms with E-state index in [1.807, 2.05) is 121 Å². The van der Waals surface area contributed by atoms with Crippen LogP contribution in [0.4, 0.5) is 0 Å². The number of carbonyl (C=O) groups is 2. The summed E-state index contributed by atoms with van der Waals surface area (Å²) in [6.07, 6.45) is 0.528. The first-order valence-corrected chi connectivity index (χ1v) is 14.4. The molecule has 43 heavy (non-hydrogen) atoms. The standard InChI is InChI=1S/C37H32N2O4/c38-23-32(35(40)42-24-27-13-5-1-6-14-27)31-21-33(29-17-9-3-10-18-29)37(26-39,34(22-31)30-19-11-4-12-20-30)36(41)43-25-28-15-7-2-8-16-28/h1-20,31-34H,21-22,24-25H2/t31?,32?,33-,34+,37?. The van der Waals surface area contributed by atoms with E-state index in [4.69, 9.17) is 9.47 Å². The second kappa shape index (κ2) is 13.6. The molecule has 1 saturated carbocycles. The highest BCUT2D eigenvalue weighted by Gasteiger charge is 2.59. The SMILES string of the molecule is N#CC(C(=O)OCc1ccccc1)C1C[C@H](c2ccccc2)C(C#N)(C(=O)OCc2ccccc2)[C@H](c2ccccc2)C1. The molecular weight excluding hydrogens is 536 g/mol. The van der Waals surface area contributed by atoms with Crippen molar-refractivity contribution in [3.63, 3.8) is 0 Å². The Hall–Kier alpha value is -5.20. The van der Waals surface area contributed by atoms with Crippen LogP contribution in [0.15, 0.2) is 121 Å². The maximum absolute atomic E-state index is 14.2. The smallest absolute Gasteiger partial charge is 0.328 e. The highest BCUT2D eigenvalue weighted by molar-refractivity contribution is 5.84. The highest BCUT2D eigenvalue weighted by atomic mass is 16.5. The molecule has 0 aliphatic heterocycles. The topological polar surface area (TPSA) is 100 Å². The largest absolute Gasteiger partial charge is 0.460 e. The van der Waals surface area contributed by atoms with Crippen LogP contribution in [-0.2, 0) is 32.3 Å². The molecule has 0 N–H and O–H groups in total. The van der Waals surface area contributed by atoms with Gasteiger partial charge in [-0.1, -0.05) is 121 Å². The van der Waals surface area contributed by atoms with Gasteiger partial charge in [-0.25, -0.2) is 0 Å². The molecule has 4 aromatic rings. The minimum Gasteiger partial charge on any atom is -0.460 e. The van der Waals surface area contributed by atoms with E-state index in [0.29, 0.717) is 0 Å². The second-order valence-electron chi connectivity index (χ2n) is 10.9. The van der Waals surface area contributed by atoms with Gasteiger partial charge in [0.25, 0.3) is 0 Å². The molecule has 214 valence electrons. The highest BCUT2D eigenvalue weighted by Crippen LogP contribution is 2.58. The van der Waals surface area contributed by atoms with E-state index in [2.05, 4.69) is 12.1 Å². The van der Waals surface area contributed by atoms with E-state index < -0.39 is 41.0 Å². The zero-order valence-corrected chi connectivity index (χ0v) is 23.7. The molecule has 0 saturated heterocycles. The lowest BCUT2D eigenvalue weighted by atomic mass is 9.53. The van der Waals surface area contributed by atoms with Gasteiger partial charge in [-0.15, -0.1) is 0 Å². The number of nitriles is 2. The molecule has 1 fully saturated rings. The van der Waals surface area contributed by atoms with E-state index in [1.165, 1.54) is 0 Å². The van der Waals surface area contributed by atoms with Crippen LogP contribution < -0.4 is 0 Å². The Morgan fingerprint density at radius 2 is 1.09 bits per heavy atom. The fraction of sp³-hybridized carbons (Fsp3) is 0.243. The van der Waals surface area contributed by atoms with Gasteiger partial charge in [0.15, 0.2) is 5.41 Å². The number of nitrogens with zero attached hydrogens (tertiary/aromatic N) is 2. The van der Waals surface area contributed by atoms with Gasteiger partial charge in [-0.3, -0.25) is 9.59 Å². The van der Waals surface area contributed by atoms with Crippen molar-refractivity contribution >= 4 is 11.9 Å². The van der Waals surface area contributed by atoms with Gasteiger partial charge in [0.05, 0.1) is 12.1 Å². The van der Waals surface area contributed by atoms with Crippen molar-refractivity contribution in [2.75, 3.05) is 0 Å². The zero-order chi connectivity index (χ0) is 30.1. The molecule has 1 aliphatic rings. The first-order chi connectivity index (χ1) is 21.1. The van der Waals surface area contributed by atoms with Gasteiger partial charge in [-0.2, -0.15) is 10.5 Å². The quantitative estimate of drug-likeness (QED) is 0.200. The molecule has 0 bridgehead atoms. The Labute approximate surface area is 252 Å². The molecule has 6 heteroatoms. The van der Waals surface area contributed by atoms with E-state index in [1.54, 1.807) is 0 Å². The Bertz CT molecular complexity index is 1550. The zero-order valence-electron chi connectivity index (χ0n) is 23.7. The third kappa shape index (κ3) is 6.35. The molecule has 6 nitrogen and oxygen atoms in total. The maximum Gasteiger partial charge on any atom is 0.328 e. The average Bonchev–Trinajstić information content (AvgIpc) is 3.08. The fourth-order valence-electron chi connectivity index (χ4n) is 6.25. The molecule has 0 amide bonds. The van der Waals surface area contributed by atoms with Crippen molar-refractivity contribution in [1.82, 2.24) is 0 Å². The summed E-state index contributed by atoms with van der Waals surface area (Å²) < 4.78 is 11.5. The maximum atomic E-state index is 14.2. The molecule has 0 aromatic heterocycles. The van der Waals surface area contributed by atoms with Gasteiger partial charge >= 0.3 is 11.9 Å². The van der Waals surface area contributed by atoms with Crippen LogP contribution in [0.25, 0.3) is 0 Å². The van der Waals surface area contributed by atoms with Crippen LogP contribution in [-0.4, -0.2) is 11.9 Å².